The van der Waals surface area contributed by atoms with E-state index in [4.69, 9.17) is 16.0 Å². The topological polar surface area (TPSA) is 59.2 Å². The summed E-state index contributed by atoms with van der Waals surface area (Å²) in [5, 5.41) is 8.91. The van der Waals surface area contributed by atoms with Crippen LogP contribution in [0.4, 0.5) is 11.4 Å². The Kier molecular flexibility index (Phi) is 5.93. The van der Waals surface area contributed by atoms with Gasteiger partial charge in [0, 0.05) is 11.4 Å². The van der Waals surface area contributed by atoms with Gasteiger partial charge in [-0.25, -0.2) is 0 Å². The quantitative estimate of drug-likeness (QED) is 0.365. The van der Waals surface area contributed by atoms with E-state index in [-0.39, 0.29) is 11.7 Å². The van der Waals surface area contributed by atoms with Crippen LogP contribution < -0.4 is 4.90 Å². The highest BCUT2D eigenvalue weighted by molar-refractivity contribution is 7.99. The van der Waals surface area contributed by atoms with Gasteiger partial charge < -0.3 is 4.42 Å². The predicted octanol–water partition coefficient (Wildman–Crippen LogP) is 5.85. The number of aromatic nitrogens is 2. The van der Waals surface area contributed by atoms with Gasteiger partial charge in [0.2, 0.25) is 11.8 Å². The summed E-state index contributed by atoms with van der Waals surface area (Å²) in [7, 11) is 0. The fourth-order valence-electron chi connectivity index (χ4n) is 2.79. The maximum Gasteiger partial charge on any atom is 0.277 e. The average Bonchev–Trinajstić information content (AvgIpc) is 3.23. The number of hydrogen-bond donors (Lipinski definition) is 0. The molecule has 29 heavy (non-hydrogen) atoms. The van der Waals surface area contributed by atoms with Crippen molar-refractivity contribution in [2.75, 3.05) is 10.7 Å². The molecule has 0 saturated heterocycles. The number of benzene rings is 3. The zero-order chi connectivity index (χ0) is 20.1. The van der Waals surface area contributed by atoms with Gasteiger partial charge in [0.05, 0.1) is 16.3 Å². The lowest BCUT2D eigenvalue weighted by atomic mass is 10.2. The Balaban J connectivity index is 1.51. The molecule has 1 aromatic heterocycles. The monoisotopic (exact) mass is 421 g/mol. The number of rotatable bonds is 6. The zero-order valence-corrected chi connectivity index (χ0v) is 16.8. The second-order valence-corrected chi connectivity index (χ2v) is 7.38. The van der Waals surface area contributed by atoms with E-state index < -0.39 is 0 Å². The van der Waals surface area contributed by atoms with Crippen molar-refractivity contribution in [3.8, 4) is 11.5 Å². The lowest BCUT2D eigenvalue weighted by molar-refractivity contribution is -0.115. The first-order valence-electron chi connectivity index (χ1n) is 8.86. The Morgan fingerprint density at radius 3 is 2.07 bits per heavy atom. The largest absolute Gasteiger partial charge is 0.411 e. The van der Waals surface area contributed by atoms with Gasteiger partial charge in [-0.3, -0.25) is 9.69 Å². The summed E-state index contributed by atoms with van der Waals surface area (Å²) in [6.45, 7) is 0. The molecule has 7 heteroatoms. The normalized spacial score (nSPS) is 10.7. The van der Waals surface area contributed by atoms with Crippen LogP contribution in [0.2, 0.25) is 5.02 Å². The summed E-state index contributed by atoms with van der Waals surface area (Å²) >= 11 is 7.37. The van der Waals surface area contributed by atoms with Crippen LogP contribution in [0, 0.1) is 0 Å². The predicted molar refractivity (Wildman–Crippen MR) is 115 cm³/mol. The first kappa shape index (κ1) is 19.2. The summed E-state index contributed by atoms with van der Waals surface area (Å²) in [5.41, 5.74) is 2.26. The van der Waals surface area contributed by atoms with Gasteiger partial charge in [0.25, 0.3) is 5.22 Å². The molecule has 0 bridgehead atoms. The van der Waals surface area contributed by atoms with Crippen molar-refractivity contribution in [2.24, 2.45) is 0 Å². The highest BCUT2D eigenvalue weighted by atomic mass is 35.5. The molecular formula is C22H16ClN3O2S. The molecule has 4 rings (SSSR count). The van der Waals surface area contributed by atoms with Crippen LogP contribution in [0.15, 0.2) is 94.6 Å². The van der Waals surface area contributed by atoms with E-state index in [1.165, 1.54) is 11.8 Å². The third-order valence-electron chi connectivity index (χ3n) is 4.11. The van der Waals surface area contributed by atoms with E-state index in [1.807, 2.05) is 78.9 Å². The molecule has 3 aromatic carbocycles. The maximum absolute atomic E-state index is 13.0. The van der Waals surface area contributed by atoms with Crippen LogP contribution in [-0.4, -0.2) is 21.9 Å². The third kappa shape index (κ3) is 4.50. The van der Waals surface area contributed by atoms with Crippen LogP contribution in [0.1, 0.15) is 0 Å². The second-order valence-electron chi connectivity index (χ2n) is 6.04. The zero-order valence-electron chi connectivity index (χ0n) is 15.2. The number of nitrogens with zero attached hydrogens (tertiary/aromatic N) is 3. The van der Waals surface area contributed by atoms with Crippen molar-refractivity contribution >= 4 is 40.6 Å². The summed E-state index contributed by atoms with van der Waals surface area (Å²) < 4.78 is 5.68. The van der Waals surface area contributed by atoms with Crippen LogP contribution >= 0.6 is 23.4 Å². The van der Waals surface area contributed by atoms with E-state index in [0.29, 0.717) is 21.7 Å². The summed E-state index contributed by atoms with van der Waals surface area (Å²) in [6.07, 6.45) is 0. The van der Waals surface area contributed by atoms with Gasteiger partial charge in [-0.2, -0.15) is 0 Å². The van der Waals surface area contributed by atoms with Gasteiger partial charge in [-0.05, 0) is 36.4 Å². The molecule has 1 heterocycles. The molecule has 0 saturated carbocycles. The Labute approximate surface area is 177 Å². The fraction of sp³-hybridized carbons (Fsp3) is 0.0455. The van der Waals surface area contributed by atoms with E-state index in [2.05, 4.69) is 10.2 Å². The molecule has 5 nitrogen and oxygen atoms in total. The van der Waals surface area contributed by atoms with Crippen molar-refractivity contribution in [1.82, 2.24) is 10.2 Å². The lowest BCUT2D eigenvalue weighted by Gasteiger charge is -2.22. The Morgan fingerprint density at radius 2 is 1.45 bits per heavy atom. The lowest BCUT2D eigenvalue weighted by Crippen LogP contribution is -2.27. The van der Waals surface area contributed by atoms with E-state index >= 15 is 0 Å². The maximum atomic E-state index is 13.0. The Hall–Kier alpha value is -3.09. The minimum atomic E-state index is -0.0927. The highest BCUT2D eigenvalue weighted by Crippen LogP contribution is 2.30. The molecular weight excluding hydrogens is 406 g/mol. The van der Waals surface area contributed by atoms with Crippen molar-refractivity contribution in [1.29, 1.82) is 0 Å². The minimum Gasteiger partial charge on any atom is -0.411 e. The van der Waals surface area contributed by atoms with E-state index in [9.17, 15) is 4.79 Å². The van der Waals surface area contributed by atoms with Crippen LogP contribution in [0.5, 0.6) is 0 Å². The van der Waals surface area contributed by atoms with E-state index in [0.717, 1.165) is 11.4 Å². The summed E-state index contributed by atoms with van der Waals surface area (Å²) in [6, 6.07) is 26.3. The molecule has 0 spiro atoms. The number of hydrogen-bond acceptors (Lipinski definition) is 5. The van der Waals surface area contributed by atoms with Crippen molar-refractivity contribution in [2.45, 2.75) is 5.22 Å². The molecule has 0 fully saturated rings. The molecule has 0 aliphatic carbocycles. The smallest absolute Gasteiger partial charge is 0.277 e. The number of amides is 1. The Bertz CT molecular complexity index is 1060. The van der Waals surface area contributed by atoms with Crippen molar-refractivity contribution in [3.05, 3.63) is 90.0 Å². The second kappa shape index (κ2) is 8.94. The molecule has 0 aliphatic rings. The van der Waals surface area contributed by atoms with E-state index in [1.54, 1.807) is 11.0 Å². The van der Waals surface area contributed by atoms with Gasteiger partial charge >= 0.3 is 0 Å². The van der Waals surface area contributed by atoms with Gasteiger partial charge in [-0.15, -0.1) is 10.2 Å². The average molecular weight is 422 g/mol. The van der Waals surface area contributed by atoms with Crippen LogP contribution in [0.3, 0.4) is 0 Å². The minimum absolute atomic E-state index is 0.0927. The molecule has 0 atom stereocenters. The highest BCUT2D eigenvalue weighted by Gasteiger charge is 2.20. The first-order valence-corrected chi connectivity index (χ1v) is 10.2. The van der Waals surface area contributed by atoms with Crippen molar-refractivity contribution < 1.29 is 9.21 Å². The number of carbonyl (C=O) groups is 1. The fourth-order valence-corrected chi connectivity index (χ4v) is 3.62. The summed E-state index contributed by atoms with van der Waals surface area (Å²) in [5.74, 6) is 0.381. The standard InChI is InChI=1S/C22H16ClN3O2S/c23-19-14-8-7-13-18(19)21-24-25-22(28-21)29-15-20(27)26(16-9-3-1-4-10-16)17-11-5-2-6-12-17/h1-14H,15H2. The van der Waals surface area contributed by atoms with Crippen LogP contribution in [0.25, 0.3) is 11.5 Å². The van der Waals surface area contributed by atoms with Gasteiger partial charge in [-0.1, -0.05) is 71.9 Å². The molecule has 0 aliphatic heterocycles. The number of anilines is 2. The molecule has 0 radical (unpaired) electrons. The molecule has 1 amide bonds. The number of carbonyl (C=O) groups excluding carboxylic acids is 1. The molecule has 4 aromatic rings. The Morgan fingerprint density at radius 1 is 0.862 bits per heavy atom. The third-order valence-corrected chi connectivity index (χ3v) is 5.24. The van der Waals surface area contributed by atoms with Crippen molar-refractivity contribution in [3.63, 3.8) is 0 Å². The molecule has 144 valence electrons. The first-order chi connectivity index (χ1) is 14.2. The molecule has 0 unspecified atom stereocenters. The van der Waals surface area contributed by atoms with Gasteiger partial charge in [0.15, 0.2) is 0 Å². The summed E-state index contributed by atoms with van der Waals surface area (Å²) in [4.78, 5) is 14.7. The number of thioether (sulfide) groups is 1. The number of para-hydroxylation sites is 2. The SMILES string of the molecule is O=C(CSc1nnc(-c2ccccc2Cl)o1)N(c1ccccc1)c1ccccc1. The van der Waals surface area contributed by atoms with Crippen LogP contribution in [-0.2, 0) is 4.79 Å². The van der Waals surface area contributed by atoms with Gasteiger partial charge in [0.1, 0.15) is 0 Å². The molecule has 0 N–H and O–H groups in total. The number of halogens is 1.